The molecule has 5 nitrogen and oxygen atoms in total. The molecular formula is C19H27N3O2. The quantitative estimate of drug-likeness (QED) is 0.808. The van der Waals surface area contributed by atoms with Crippen LogP contribution in [0.25, 0.3) is 10.9 Å². The summed E-state index contributed by atoms with van der Waals surface area (Å²) in [6, 6.07) is 6.09. The van der Waals surface area contributed by atoms with Crippen LogP contribution in [0.15, 0.2) is 24.4 Å². The van der Waals surface area contributed by atoms with Crippen molar-refractivity contribution in [2.24, 2.45) is 7.05 Å². The van der Waals surface area contributed by atoms with Crippen LogP contribution in [-0.4, -0.2) is 34.3 Å². The summed E-state index contributed by atoms with van der Waals surface area (Å²) in [7, 11) is 2.06. The van der Waals surface area contributed by atoms with E-state index in [-0.39, 0.29) is 6.09 Å². The van der Waals surface area contributed by atoms with E-state index in [0.717, 1.165) is 31.6 Å². The fraction of sp³-hybridized carbons (Fsp3) is 0.526. The number of nitrogens with zero attached hydrogens (tertiary/aromatic N) is 2. The first kappa shape index (κ1) is 16.7. The summed E-state index contributed by atoms with van der Waals surface area (Å²) in [5, 5.41) is 1.27. The number of carbonyl (C=O) groups excluding carboxylic acids is 1. The largest absolute Gasteiger partial charge is 0.444 e. The molecule has 0 saturated carbocycles. The van der Waals surface area contributed by atoms with Gasteiger partial charge in [0.1, 0.15) is 5.60 Å². The molecule has 0 unspecified atom stereocenters. The number of carbonyl (C=O) groups is 1. The topological polar surface area (TPSA) is 60.5 Å². The van der Waals surface area contributed by atoms with Crippen molar-refractivity contribution in [2.75, 3.05) is 18.8 Å². The second kappa shape index (κ2) is 6.04. The first-order valence-electron chi connectivity index (χ1n) is 8.57. The van der Waals surface area contributed by atoms with Crippen LogP contribution in [-0.2, 0) is 11.8 Å². The van der Waals surface area contributed by atoms with Crippen molar-refractivity contribution in [3.8, 4) is 0 Å². The van der Waals surface area contributed by atoms with Crippen LogP contribution < -0.4 is 5.73 Å². The Bertz CT molecular complexity index is 750. The van der Waals surface area contributed by atoms with Crippen molar-refractivity contribution in [1.82, 2.24) is 9.47 Å². The number of hydrogen-bond donors (Lipinski definition) is 1. The number of amides is 1. The van der Waals surface area contributed by atoms with Gasteiger partial charge < -0.3 is 19.9 Å². The summed E-state index contributed by atoms with van der Waals surface area (Å²) in [5.41, 5.74) is 8.78. The summed E-state index contributed by atoms with van der Waals surface area (Å²) >= 11 is 0. The Morgan fingerprint density at radius 2 is 1.92 bits per heavy atom. The van der Waals surface area contributed by atoms with Crippen LogP contribution in [0.5, 0.6) is 0 Å². The highest BCUT2D eigenvalue weighted by atomic mass is 16.6. The maximum atomic E-state index is 12.2. The van der Waals surface area contributed by atoms with E-state index in [1.807, 2.05) is 37.8 Å². The standard InChI is InChI=1S/C19H27N3O2/c1-19(2,3)24-18(23)22-9-7-13(8-10-22)16-12-21(4)17-11-14(20)5-6-15(16)17/h5-6,11-13H,7-10,20H2,1-4H3. The molecule has 1 aliphatic heterocycles. The van der Waals surface area contributed by atoms with Crippen LogP contribution in [0, 0.1) is 0 Å². The number of hydrogen-bond acceptors (Lipinski definition) is 3. The number of ether oxygens (including phenoxy) is 1. The lowest BCUT2D eigenvalue weighted by Gasteiger charge is -2.33. The Morgan fingerprint density at radius 3 is 2.54 bits per heavy atom. The summed E-state index contributed by atoms with van der Waals surface area (Å²) in [6.07, 6.45) is 3.93. The maximum absolute atomic E-state index is 12.2. The van der Waals surface area contributed by atoms with Gasteiger partial charge in [-0.2, -0.15) is 0 Å². The first-order chi connectivity index (χ1) is 11.2. The molecule has 2 N–H and O–H groups in total. The highest BCUT2D eigenvalue weighted by Crippen LogP contribution is 2.35. The van der Waals surface area contributed by atoms with Crippen molar-refractivity contribution in [2.45, 2.75) is 45.1 Å². The molecule has 1 aromatic carbocycles. The number of nitrogens with two attached hydrogens (primary N) is 1. The Hall–Kier alpha value is -2.17. The molecule has 1 saturated heterocycles. The second-order valence-electron chi connectivity index (χ2n) is 7.71. The molecule has 1 aliphatic rings. The van der Waals surface area contributed by atoms with E-state index in [1.54, 1.807) is 0 Å². The van der Waals surface area contributed by atoms with E-state index in [1.165, 1.54) is 16.5 Å². The SMILES string of the molecule is Cn1cc(C2CCN(C(=O)OC(C)(C)C)CC2)c2ccc(N)cc21. The molecule has 2 heterocycles. The molecule has 24 heavy (non-hydrogen) atoms. The Balaban J connectivity index is 1.72. The average molecular weight is 329 g/mol. The molecule has 0 bridgehead atoms. The smallest absolute Gasteiger partial charge is 0.410 e. The van der Waals surface area contributed by atoms with Gasteiger partial charge in [-0.3, -0.25) is 0 Å². The fourth-order valence-electron chi connectivity index (χ4n) is 3.46. The molecule has 0 atom stereocenters. The molecule has 5 heteroatoms. The third-order valence-electron chi connectivity index (χ3n) is 4.63. The maximum Gasteiger partial charge on any atom is 0.410 e. The minimum absolute atomic E-state index is 0.202. The van der Waals surface area contributed by atoms with E-state index in [0.29, 0.717) is 5.92 Å². The number of nitrogen functional groups attached to an aromatic ring is 1. The third kappa shape index (κ3) is 3.35. The molecule has 130 valence electrons. The molecule has 0 aliphatic carbocycles. The van der Waals surface area contributed by atoms with Gasteiger partial charge in [-0.15, -0.1) is 0 Å². The van der Waals surface area contributed by atoms with E-state index < -0.39 is 5.60 Å². The monoisotopic (exact) mass is 329 g/mol. The van der Waals surface area contributed by atoms with Crippen molar-refractivity contribution in [1.29, 1.82) is 0 Å². The zero-order chi connectivity index (χ0) is 17.5. The van der Waals surface area contributed by atoms with Gasteiger partial charge in [-0.1, -0.05) is 6.07 Å². The molecular weight excluding hydrogens is 302 g/mol. The molecule has 0 spiro atoms. The van der Waals surface area contributed by atoms with Gasteiger partial charge in [0.2, 0.25) is 0 Å². The van der Waals surface area contributed by atoms with Gasteiger partial charge in [0.25, 0.3) is 0 Å². The van der Waals surface area contributed by atoms with Crippen LogP contribution >= 0.6 is 0 Å². The van der Waals surface area contributed by atoms with Crippen LogP contribution in [0.2, 0.25) is 0 Å². The lowest BCUT2D eigenvalue weighted by atomic mass is 9.89. The zero-order valence-corrected chi connectivity index (χ0v) is 15.0. The summed E-state index contributed by atoms with van der Waals surface area (Å²) in [5.74, 6) is 0.469. The molecule has 2 aromatic rings. The Morgan fingerprint density at radius 1 is 1.25 bits per heavy atom. The molecule has 1 fully saturated rings. The highest BCUT2D eigenvalue weighted by Gasteiger charge is 2.28. The van der Waals surface area contributed by atoms with Crippen molar-refractivity contribution >= 4 is 22.7 Å². The normalized spacial score (nSPS) is 16.6. The Kier molecular flexibility index (Phi) is 4.20. The second-order valence-corrected chi connectivity index (χ2v) is 7.71. The Labute approximate surface area is 143 Å². The van der Waals surface area contributed by atoms with Crippen molar-refractivity contribution < 1.29 is 9.53 Å². The van der Waals surface area contributed by atoms with Crippen LogP contribution in [0.3, 0.4) is 0 Å². The van der Waals surface area contributed by atoms with Crippen LogP contribution in [0.4, 0.5) is 10.5 Å². The number of benzene rings is 1. The predicted molar refractivity (Wildman–Crippen MR) is 97.1 cm³/mol. The van der Waals surface area contributed by atoms with E-state index in [2.05, 4.69) is 23.9 Å². The minimum atomic E-state index is -0.441. The lowest BCUT2D eigenvalue weighted by Crippen LogP contribution is -2.41. The number of piperidine rings is 1. The summed E-state index contributed by atoms with van der Waals surface area (Å²) in [4.78, 5) is 14.0. The number of aromatic nitrogens is 1. The van der Waals surface area contributed by atoms with E-state index >= 15 is 0 Å². The van der Waals surface area contributed by atoms with Crippen molar-refractivity contribution in [3.05, 3.63) is 30.0 Å². The third-order valence-corrected chi connectivity index (χ3v) is 4.63. The molecule has 3 rings (SSSR count). The van der Waals surface area contributed by atoms with Gasteiger partial charge in [-0.25, -0.2) is 4.79 Å². The van der Waals surface area contributed by atoms with Gasteiger partial charge >= 0.3 is 6.09 Å². The number of likely N-dealkylation sites (tertiary alicyclic amines) is 1. The number of rotatable bonds is 1. The minimum Gasteiger partial charge on any atom is -0.444 e. The predicted octanol–water partition coefficient (Wildman–Crippen LogP) is 3.88. The molecule has 1 aromatic heterocycles. The zero-order valence-electron chi connectivity index (χ0n) is 15.0. The van der Waals surface area contributed by atoms with Gasteiger partial charge in [0.15, 0.2) is 0 Å². The number of fused-ring (bicyclic) bond motifs is 1. The van der Waals surface area contributed by atoms with E-state index in [4.69, 9.17) is 10.5 Å². The van der Waals surface area contributed by atoms with E-state index in [9.17, 15) is 4.79 Å². The van der Waals surface area contributed by atoms with Crippen LogP contribution in [0.1, 0.15) is 45.1 Å². The lowest BCUT2D eigenvalue weighted by molar-refractivity contribution is 0.0205. The highest BCUT2D eigenvalue weighted by molar-refractivity contribution is 5.87. The van der Waals surface area contributed by atoms with Crippen molar-refractivity contribution in [3.63, 3.8) is 0 Å². The van der Waals surface area contributed by atoms with Gasteiger partial charge in [0, 0.05) is 37.4 Å². The summed E-state index contributed by atoms with van der Waals surface area (Å²) in [6.45, 7) is 7.19. The van der Waals surface area contributed by atoms with Gasteiger partial charge in [0.05, 0.1) is 5.52 Å². The fourth-order valence-corrected chi connectivity index (χ4v) is 3.46. The number of aryl methyl sites for hydroxylation is 1. The molecule has 1 amide bonds. The first-order valence-corrected chi connectivity index (χ1v) is 8.57. The average Bonchev–Trinajstić information content (AvgIpc) is 2.82. The van der Waals surface area contributed by atoms with Gasteiger partial charge in [-0.05, 0) is 57.2 Å². The summed E-state index contributed by atoms with van der Waals surface area (Å²) < 4.78 is 7.61. The number of anilines is 1. The molecule has 0 radical (unpaired) electrons.